The molecule has 3 aromatic carbocycles. The Labute approximate surface area is 175 Å². The van der Waals surface area contributed by atoms with Gasteiger partial charge in [0.05, 0.1) is 0 Å². The van der Waals surface area contributed by atoms with E-state index in [1.807, 2.05) is 61.5 Å². The summed E-state index contributed by atoms with van der Waals surface area (Å²) in [6, 6.07) is 26.4. The molecule has 0 spiro atoms. The second-order valence-corrected chi connectivity index (χ2v) is 7.33. The minimum absolute atomic E-state index is 0.146. The second kappa shape index (κ2) is 13.2. The van der Waals surface area contributed by atoms with Gasteiger partial charge in [0.25, 0.3) is 0 Å². The van der Waals surface area contributed by atoms with Crippen LogP contribution in [0.4, 0.5) is 0 Å². The number of benzene rings is 3. The minimum Gasteiger partial charge on any atom is -0.300 e. The Morgan fingerprint density at radius 3 is 1.41 bits per heavy atom. The van der Waals surface area contributed by atoms with Gasteiger partial charge < -0.3 is 0 Å². The fraction of sp³-hybridized carbons (Fsp3) is 0.259. The van der Waals surface area contributed by atoms with Crippen LogP contribution >= 0.6 is 0 Å². The molecule has 0 bridgehead atoms. The normalized spacial score (nSPS) is 9.41. The number of hydrogen-bond acceptors (Lipinski definition) is 2. The number of hydrogen-bond donors (Lipinski definition) is 0. The van der Waals surface area contributed by atoms with Gasteiger partial charge in [-0.1, -0.05) is 90.0 Å². The lowest BCUT2D eigenvalue weighted by molar-refractivity contribution is -0.117. The van der Waals surface area contributed by atoms with Crippen molar-refractivity contribution >= 4 is 11.6 Å². The first-order valence-electron chi connectivity index (χ1n) is 9.88. The van der Waals surface area contributed by atoms with Crippen molar-refractivity contribution in [1.29, 1.82) is 0 Å². The minimum atomic E-state index is 0.146. The van der Waals surface area contributed by atoms with Crippen LogP contribution in [-0.4, -0.2) is 11.6 Å². The van der Waals surface area contributed by atoms with Gasteiger partial charge in [-0.25, -0.2) is 0 Å². The fourth-order valence-corrected chi connectivity index (χ4v) is 2.65. The van der Waals surface area contributed by atoms with E-state index in [-0.39, 0.29) is 11.6 Å². The van der Waals surface area contributed by atoms with Crippen LogP contribution < -0.4 is 0 Å². The first kappa shape index (κ1) is 24.0. The monoisotopic (exact) mass is 388 g/mol. The van der Waals surface area contributed by atoms with Crippen molar-refractivity contribution in [3.8, 4) is 0 Å². The van der Waals surface area contributed by atoms with Crippen LogP contribution in [0.5, 0.6) is 0 Å². The van der Waals surface area contributed by atoms with E-state index in [1.54, 1.807) is 13.8 Å². The maximum atomic E-state index is 11.0. The Hall–Kier alpha value is -3.00. The Kier molecular flexibility index (Phi) is 11.0. The second-order valence-electron chi connectivity index (χ2n) is 7.33. The highest BCUT2D eigenvalue weighted by atomic mass is 16.1. The first-order valence-corrected chi connectivity index (χ1v) is 9.88. The van der Waals surface area contributed by atoms with Crippen molar-refractivity contribution in [2.75, 3.05) is 0 Å². The van der Waals surface area contributed by atoms with Crippen molar-refractivity contribution in [1.82, 2.24) is 0 Å². The fourth-order valence-electron chi connectivity index (χ4n) is 2.65. The largest absolute Gasteiger partial charge is 0.300 e. The third-order valence-corrected chi connectivity index (χ3v) is 4.19. The van der Waals surface area contributed by atoms with E-state index in [0.717, 1.165) is 16.7 Å². The quantitative estimate of drug-likeness (QED) is 0.529. The van der Waals surface area contributed by atoms with E-state index in [4.69, 9.17) is 0 Å². The molecule has 0 aromatic heterocycles. The third-order valence-electron chi connectivity index (χ3n) is 4.19. The highest BCUT2D eigenvalue weighted by Gasteiger charge is 2.04. The molecule has 2 nitrogen and oxygen atoms in total. The summed E-state index contributed by atoms with van der Waals surface area (Å²) < 4.78 is 0. The Balaban J connectivity index is 0.000000248. The van der Waals surface area contributed by atoms with Crippen LogP contribution in [-0.2, 0) is 22.4 Å². The molecule has 3 rings (SSSR count). The molecule has 0 amide bonds. The van der Waals surface area contributed by atoms with Crippen LogP contribution in [0.25, 0.3) is 0 Å². The van der Waals surface area contributed by atoms with Gasteiger partial charge in [-0.05, 0) is 51.3 Å². The average molecular weight is 389 g/mol. The number of rotatable bonds is 4. The van der Waals surface area contributed by atoms with Crippen molar-refractivity contribution in [2.45, 2.75) is 47.5 Å². The van der Waals surface area contributed by atoms with Crippen molar-refractivity contribution in [3.05, 3.63) is 107 Å². The lowest BCUT2D eigenvalue weighted by Crippen LogP contribution is -2.02. The van der Waals surface area contributed by atoms with Crippen LogP contribution in [0.3, 0.4) is 0 Å². The van der Waals surface area contributed by atoms with Crippen molar-refractivity contribution in [2.24, 2.45) is 0 Å². The standard InChI is InChI=1S/C13H16O2.2C7H8/c1-9-4-5-12(6-10(2)14)8-13(9)7-11(3)15;2*1-7-5-3-2-4-6-7/h4-5,8H,6-7H2,1-3H3;2*2-6H,1H3. The molecule has 0 saturated heterocycles. The maximum Gasteiger partial charge on any atom is 0.134 e. The zero-order chi connectivity index (χ0) is 21.6. The lowest BCUT2D eigenvalue weighted by atomic mass is 9.99. The summed E-state index contributed by atoms with van der Waals surface area (Å²) in [6.45, 7) is 9.30. The maximum absolute atomic E-state index is 11.0. The van der Waals surface area contributed by atoms with Gasteiger partial charge in [-0.2, -0.15) is 0 Å². The van der Waals surface area contributed by atoms with Gasteiger partial charge >= 0.3 is 0 Å². The Morgan fingerprint density at radius 1 is 0.621 bits per heavy atom. The predicted molar refractivity (Wildman–Crippen MR) is 122 cm³/mol. The lowest BCUT2D eigenvalue weighted by Gasteiger charge is -2.06. The summed E-state index contributed by atoms with van der Waals surface area (Å²) in [4.78, 5) is 22.0. The molecule has 29 heavy (non-hydrogen) atoms. The number of carbonyl (C=O) groups is 2. The molecule has 0 heterocycles. The highest BCUT2D eigenvalue weighted by molar-refractivity contribution is 5.80. The van der Waals surface area contributed by atoms with Crippen molar-refractivity contribution in [3.63, 3.8) is 0 Å². The zero-order valence-electron chi connectivity index (χ0n) is 18.2. The van der Waals surface area contributed by atoms with Crippen LogP contribution in [0, 0.1) is 20.8 Å². The Morgan fingerprint density at radius 2 is 1.07 bits per heavy atom. The number of carbonyl (C=O) groups excluding carboxylic acids is 2. The zero-order valence-corrected chi connectivity index (χ0v) is 18.2. The van der Waals surface area contributed by atoms with Crippen LogP contribution in [0.2, 0.25) is 0 Å². The molecule has 3 aromatic rings. The summed E-state index contributed by atoms with van der Waals surface area (Å²) in [5, 5.41) is 0. The van der Waals surface area contributed by atoms with E-state index < -0.39 is 0 Å². The van der Waals surface area contributed by atoms with E-state index >= 15 is 0 Å². The van der Waals surface area contributed by atoms with Gasteiger partial charge in [0.1, 0.15) is 11.6 Å². The Bertz CT molecular complexity index is 843. The summed E-state index contributed by atoms with van der Waals surface area (Å²) in [6.07, 6.45) is 0.906. The number of Topliss-reactive ketones (excluding diaryl/α,β-unsaturated/α-hetero) is 2. The molecule has 0 aliphatic rings. The third kappa shape index (κ3) is 11.4. The average Bonchev–Trinajstić information content (AvgIpc) is 2.66. The SMILES string of the molecule is CC(=O)Cc1ccc(C)c(CC(C)=O)c1.Cc1ccccc1.Cc1ccccc1. The van der Waals surface area contributed by atoms with Crippen molar-refractivity contribution < 1.29 is 9.59 Å². The van der Waals surface area contributed by atoms with Crippen LogP contribution in [0.1, 0.15) is 41.7 Å². The molecule has 0 atom stereocenters. The number of ketones is 2. The smallest absolute Gasteiger partial charge is 0.134 e. The highest BCUT2D eigenvalue weighted by Crippen LogP contribution is 2.13. The summed E-state index contributed by atoms with van der Waals surface area (Å²) in [7, 11) is 0. The van der Waals surface area contributed by atoms with E-state index in [0.29, 0.717) is 12.8 Å². The summed E-state index contributed by atoms with van der Waals surface area (Å²) >= 11 is 0. The van der Waals surface area contributed by atoms with Gasteiger partial charge in [-0.3, -0.25) is 9.59 Å². The van der Waals surface area contributed by atoms with Gasteiger partial charge in [0, 0.05) is 12.8 Å². The molecule has 0 unspecified atom stereocenters. The molecule has 0 N–H and O–H groups in total. The van der Waals surface area contributed by atoms with E-state index in [9.17, 15) is 9.59 Å². The molecule has 0 fully saturated rings. The first-order chi connectivity index (χ1) is 13.8. The number of aryl methyl sites for hydroxylation is 3. The van der Waals surface area contributed by atoms with Gasteiger partial charge in [-0.15, -0.1) is 0 Å². The molecule has 0 radical (unpaired) electrons. The molecule has 0 saturated carbocycles. The summed E-state index contributed by atoms with van der Waals surface area (Å²) in [5.41, 5.74) is 5.77. The van der Waals surface area contributed by atoms with Gasteiger partial charge in [0.15, 0.2) is 0 Å². The van der Waals surface area contributed by atoms with E-state index in [1.165, 1.54) is 11.1 Å². The van der Waals surface area contributed by atoms with Crippen LogP contribution in [0.15, 0.2) is 78.9 Å². The van der Waals surface area contributed by atoms with Gasteiger partial charge in [0.2, 0.25) is 0 Å². The molecule has 0 aliphatic carbocycles. The molecule has 152 valence electrons. The molecule has 0 aliphatic heterocycles. The molecular formula is C27H32O2. The molecular weight excluding hydrogens is 356 g/mol. The molecule has 2 heteroatoms. The van der Waals surface area contributed by atoms with E-state index in [2.05, 4.69) is 38.1 Å². The summed E-state index contributed by atoms with van der Waals surface area (Å²) in [5.74, 6) is 0.297. The predicted octanol–water partition coefficient (Wildman–Crippen LogP) is 6.25. The topological polar surface area (TPSA) is 34.1 Å².